The van der Waals surface area contributed by atoms with Gasteiger partial charge in [0, 0.05) is 5.56 Å². The van der Waals surface area contributed by atoms with Crippen LogP contribution in [0.4, 0.5) is 10.3 Å². The summed E-state index contributed by atoms with van der Waals surface area (Å²) in [7, 11) is 0. The van der Waals surface area contributed by atoms with Crippen molar-refractivity contribution in [3.05, 3.63) is 60.4 Å². The third kappa shape index (κ3) is 2.50. The molecule has 6 heteroatoms. The summed E-state index contributed by atoms with van der Waals surface area (Å²) in [5.41, 5.74) is 9.56. The van der Waals surface area contributed by atoms with Gasteiger partial charge in [-0.2, -0.15) is 0 Å². The lowest BCUT2D eigenvalue weighted by Crippen LogP contribution is -1.99. The standard InChI is InChI=1S/C17H12FN5/c18-11-7-5-10(6-8-11)14-9-15(23-17(19)22-14)16-20-12-3-1-2-4-13(12)21-16/h1-9H,(H,20,21)(H2,19,22,23). The van der Waals surface area contributed by atoms with E-state index in [1.807, 2.05) is 24.3 Å². The molecule has 2 heterocycles. The van der Waals surface area contributed by atoms with Crippen molar-refractivity contribution < 1.29 is 4.39 Å². The van der Waals surface area contributed by atoms with Crippen molar-refractivity contribution in [1.82, 2.24) is 19.9 Å². The molecule has 2 aromatic heterocycles. The molecule has 2 aromatic carbocycles. The molecule has 0 fully saturated rings. The van der Waals surface area contributed by atoms with Gasteiger partial charge in [-0.25, -0.2) is 19.3 Å². The van der Waals surface area contributed by atoms with Gasteiger partial charge in [0.05, 0.1) is 16.7 Å². The van der Waals surface area contributed by atoms with E-state index in [4.69, 9.17) is 5.73 Å². The predicted octanol–water partition coefficient (Wildman–Crippen LogP) is 3.41. The van der Waals surface area contributed by atoms with Gasteiger partial charge >= 0.3 is 0 Å². The van der Waals surface area contributed by atoms with E-state index in [0.29, 0.717) is 17.2 Å². The topological polar surface area (TPSA) is 80.5 Å². The molecule has 0 saturated carbocycles. The van der Waals surface area contributed by atoms with Gasteiger partial charge in [0.2, 0.25) is 5.95 Å². The summed E-state index contributed by atoms with van der Waals surface area (Å²) in [6.45, 7) is 0. The number of imidazole rings is 1. The number of anilines is 1. The highest BCUT2D eigenvalue weighted by molar-refractivity contribution is 5.79. The summed E-state index contributed by atoms with van der Waals surface area (Å²) in [6, 6.07) is 15.6. The first-order valence-corrected chi connectivity index (χ1v) is 7.05. The first-order valence-electron chi connectivity index (χ1n) is 7.05. The number of aromatic amines is 1. The van der Waals surface area contributed by atoms with Gasteiger partial charge in [0.1, 0.15) is 11.5 Å². The Bertz CT molecular complexity index is 958. The third-order valence-electron chi connectivity index (χ3n) is 3.52. The number of nitrogens with zero attached hydrogens (tertiary/aromatic N) is 3. The fraction of sp³-hybridized carbons (Fsp3) is 0. The first-order chi connectivity index (χ1) is 11.2. The van der Waals surface area contributed by atoms with Crippen molar-refractivity contribution in [2.75, 3.05) is 5.73 Å². The highest BCUT2D eigenvalue weighted by atomic mass is 19.1. The lowest BCUT2D eigenvalue weighted by molar-refractivity contribution is 0.628. The van der Waals surface area contributed by atoms with Crippen LogP contribution in [0.5, 0.6) is 0 Å². The molecule has 0 spiro atoms. The molecular weight excluding hydrogens is 293 g/mol. The molecule has 0 aliphatic heterocycles. The minimum atomic E-state index is -0.298. The number of benzene rings is 2. The summed E-state index contributed by atoms with van der Waals surface area (Å²) in [5, 5.41) is 0. The van der Waals surface area contributed by atoms with Crippen molar-refractivity contribution in [1.29, 1.82) is 0 Å². The fourth-order valence-electron chi connectivity index (χ4n) is 2.43. The molecule has 0 aliphatic carbocycles. The average Bonchev–Trinajstić information content (AvgIpc) is 2.99. The molecular formula is C17H12FN5. The number of para-hydroxylation sites is 2. The van der Waals surface area contributed by atoms with Gasteiger partial charge < -0.3 is 10.7 Å². The second-order valence-corrected chi connectivity index (χ2v) is 5.11. The van der Waals surface area contributed by atoms with E-state index in [1.54, 1.807) is 18.2 Å². The maximum Gasteiger partial charge on any atom is 0.221 e. The molecule has 5 nitrogen and oxygen atoms in total. The van der Waals surface area contributed by atoms with Crippen molar-refractivity contribution in [2.45, 2.75) is 0 Å². The lowest BCUT2D eigenvalue weighted by atomic mass is 10.1. The predicted molar refractivity (Wildman–Crippen MR) is 86.9 cm³/mol. The number of rotatable bonds is 2. The quantitative estimate of drug-likeness (QED) is 0.594. The van der Waals surface area contributed by atoms with Gasteiger partial charge in [0.25, 0.3) is 0 Å². The van der Waals surface area contributed by atoms with Crippen LogP contribution in [0.1, 0.15) is 0 Å². The number of nitrogens with two attached hydrogens (primary N) is 1. The van der Waals surface area contributed by atoms with Gasteiger partial charge in [-0.15, -0.1) is 0 Å². The van der Waals surface area contributed by atoms with E-state index in [9.17, 15) is 4.39 Å². The summed E-state index contributed by atoms with van der Waals surface area (Å²) >= 11 is 0. The second kappa shape index (κ2) is 5.17. The van der Waals surface area contributed by atoms with Crippen LogP contribution in [0.3, 0.4) is 0 Å². The monoisotopic (exact) mass is 305 g/mol. The number of fused-ring (bicyclic) bond motifs is 1. The lowest BCUT2D eigenvalue weighted by Gasteiger charge is -2.04. The number of nitrogens with one attached hydrogen (secondary N) is 1. The van der Waals surface area contributed by atoms with E-state index in [-0.39, 0.29) is 11.8 Å². The summed E-state index contributed by atoms with van der Waals surface area (Å²) in [4.78, 5) is 16.2. The zero-order chi connectivity index (χ0) is 15.8. The molecule has 0 aliphatic rings. The molecule has 0 atom stereocenters. The normalized spacial score (nSPS) is 11.0. The van der Waals surface area contributed by atoms with Gasteiger partial charge in [-0.3, -0.25) is 0 Å². The third-order valence-corrected chi connectivity index (χ3v) is 3.52. The largest absolute Gasteiger partial charge is 0.368 e. The Morgan fingerprint density at radius 2 is 1.61 bits per heavy atom. The zero-order valence-corrected chi connectivity index (χ0v) is 12.0. The zero-order valence-electron chi connectivity index (χ0n) is 12.0. The number of H-pyrrole nitrogens is 1. The van der Waals surface area contributed by atoms with Crippen LogP contribution >= 0.6 is 0 Å². The van der Waals surface area contributed by atoms with Crippen molar-refractivity contribution in [3.8, 4) is 22.8 Å². The Kier molecular flexibility index (Phi) is 3.01. The summed E-state index contributed by atoms with van der Waals surface area (Å²) in [6.07, 6.45) is 0. The highest BCUT2D eigenvalue weighted by Crippen LogP contribution is 2.24. The molecule has 0 saturated heterocycles. The Balaban J connectivity index is 1.84. The maximum atomic E-state index is 13.1. The van der Waals surface area contributed by atoms with Crippen molar-refractivity contribution in [2.24, 2.45) is 0 Å². The van der Waals surface area contributed by atoms with Crippen LogP contribution < -0.4 is 5.73 Å². The van der Waals surface area contributed by atoms with E-state index < -0.39 is 0 Å². The van der Waals surface area contributed by atoms with Crippen LogP contribution in [0.25, 0.3) is 33.8 Å². The van der Waals surface area contributed by atoms with Crippen LogP contribution in [-0.2, 0) is 0 Å². The Labute approximate surface area is 131 Å². The molecule has 0 unspecified atom stereocenters. The molecule has 4 rings (SSSR count). The molecule has 23 heavy (non-hydrogen) atoms. The molecule has 0 bridgehead atoms. The van der Waals surface area contributed by atoms with Gasteiger partial charge in [0.15, 0.2) is 5.82 Å². The molecule has 4 aromatic rings. The number of aromatic nitrogens is 4. The second-order valence-electron chi connectivity index (χ2n) is 5.11. The van der Waals surface area contributed by atoms with Crippen LogP contribution in [0.2, 0.25) is 0 Å². The minimum absolute atomic E-state index is 0.141. The number of nitrogen functional groups attached to an aromatic ring is 1. The van der Waals surface area contributed by atoms with Gasteiger partial charge in [-0.05, 0) is 42.5 Å². The van der Waals surface area contributed by atoms with Crippen LogP contribution in [-0.4, -0.2) is 19.9 Å². The van der Waals surface area contributed by atoms with E-state index in [2.05, 4.69) is 19.9 Å². The van der Waals surface area contributed by atoms with Gasteiger partial charge in [-0.1, -0.05) is 12.1 Å². The average molecular weight is 305 g/mol. The van der Waals surface area contributed by atoms with E-state index in [1.165, 1.54) is 12.1 Å². The highest BCUT2D eigenvalue weighted by Gasteiger charge is 2.10. The van der Waals surface area contributed by atoms with E-state index in [0.717, 1.165) is 16.6 Å². The molecule has 3 N–H and O–H groups in total. The summed E-state index contributed by atoms with van der Waals surface area (Å²) in [5.74, 6) is 0.458. The minimum Gasteiger partial charge on any atom is -0.368 e. The first kappa shape index (κ1) is 13.4. The number of halogens is 1. The maximum absolute atomic E-state index is 13.1. The number of hydrogen-bond acceptors (Lipinski definition) is 4. The van der Waals surface area contributed by atoms with Crippen LogP contribution in [0, 0.1) is 5.82 Å². The SMILES string of the molecule is Nc1nc(-c2ccc(F)cc2)cc(-c2nc3ccccc3[nH]2)n1. The Morgan fingerprint density at radius 1 is 0.870 bits per heavy atom. The van der Waals surface area contributed by atoms with E-state index >= 15 is 0 Å². The molecule has 0 radical (unpaired) electrons. The molecule has 112 valence electrons. The summed E-state index contributed by atoms with van der Waals surface area (Å²) < 4.78 is 13.1. The smallest absolute Gasteiger partial charge is 0.221 e. The van der Waals surface area contributed by atoms with Crippen molar-refractivity contribution >= 4 is 17.0 Å². The van der Waals surface area contributed by atoms with Crippen molar-refractivity contribution in [3.63, 3.8) is 0 Å². The fourth-order valence-corrected chi connectivity index (χ4v) is 2.43. The Hall–Kier alpha value is -3.28. The number of hydrogen-bond donors (Lipinski definition) is 2. The molecule has 0 amide bonds. The van der Waals surface area contributed by atoms with Crippen LogP contribution in [0.15, 0.2) is 54.6 Å². The Morgan fingerprint density at radius 3 is 2.39 bits per heavy atom.